The molecule has 116 heavy (non-hydrogen) atoms. The fourth-order valence-electron chi connectivity index (χ4n) is 12.1. The molecule has 42 heteroatoms. The molecule has 1 fully saturated rings. The Labute approximate surface area is 667 Å². The standard InChI is InChI=1S/C74H109N19O23/c1-8-9-19-44(63(104)88-50(30-56(78)98)70(111)92-61(39(7)95)72(113)81-33-57(99)80-34-58(100)93-26-15-21-53(93)71(112)90-52(35-94)74(115)116)83-66(107)47(27-36(2)3)85-67(108)49(29-41-32-79-43-20-14-13-18-42(41)43)87-65(106)46(23-25-55(77)97)84-73(114)60(37(4)5)91-69(110)48(28-40-16-11-10-12-17-40)86-68(109)51(31-59(101)102)89-64(105)45(22-24-54(76)96)82-62(103)38(6)75/h10-14,16-18,20,32,36-39,44-53,60-61,79,94-95H,8-9,15,19,21-31,33-35,75H2,1-7H3,(H2,76,96)(H2,77,97)(H2,78,98)(H,80,99)(H,81,113)(H,82,103)(H,83,107)(H,84,114)(H,85,108)(H,86,109)(H,87,106)(H,88,104)(H,89,105)(H,90,112)(H,91,110)(H,92,111)(H,101,102)(H,115,116)/t38-,39+,44-,45-,46-,47-,48-,49-,50-,51-,52-,53-,60-,61-/m0/s1. The van der Waals surface area contributed by atoms with Gasteiger partial charge >= 0.3 is 11.9 Å². The number of hydrogen-bond donors (Lipinski definition) is 22. The minimum atomic E-state index is -1.94. The molecule has 1 saturated heterocycles. The van der Waals surface area contributed by atoms with Crippen LogP contribution in [0.15, 0.2) is 60.8 Å². The molecule has 2 aromatic carbocycles. The fraction of sp³-hybridized carbons (Fsp3) is 0.554. The van der Waals surface area contributed by atoms with Crippen molar-refractivity contribution in [3.8, 4) is 0 Å². The van der Waals surface area contributed by atoms with Crippen LogP contribution in [0.5, 0.6) is 0 Å². The van der Waals surface area contributed by atoms with E-state index < -0.39 is 261 Å². The Balaban J connectivity index is 1.60. The number of aromatic nitrogens is 1. The lowest BCUT2D eigenvalue weighted by molar-refractivity contribution is -0.145. The SMILES string of the molecule is CCCC[C@H](NC(=O)[C@H](CC(C)C)NC(=O)[C@H](Cc1c[nH]c2ccccc12)NC(=O)[C@H](CCC(N)=O)NC(=O)[C@@H](NC(=O)[C@H](Cc1ccccc1)NC(=O)[C@H](CC(=O)O)NC(=O)[C@H](CCC(N)=O)NC(=O)[C@H](C)N)C(C)C)C(=O)N[C@@H](CC(N)=O)C(=O)N[C@H](C(=O)NCC(=O)NCC(=O)N1CCC[C@H]1C(=O)N[C@@H](CO)C(=O)O)[C@@H](C)O. The zero-order chi connectivity index (χ0) is 86.8. The first-order chi connectivity index (χ1) is 54.6. The van der Waals surface area contributed by atoms with Crippen LogP contribution >= 0.6 is 0 Å². The Morgan fingerprint density at radius 2 is 0.991 bits per heavy atom. The minimum Gasteiger partial charge on any atom is -0.481 e. The van der Waals surface area contributed by atoms with Crippen molar-refractivity contribution in [3.05, 3.63) is 71.9 Å². The summed E-state index contributed by atoms with van der Waals surface area (Å²) in [6.45, 7) is 8.15. The van der Waals surface area contributed by atoms with Crippen molar-refractivity contribution in [1.29, 1.82) is 0 Å². The van der Waals surface area contributed by atoms with Crippen molar-refractivity contribution in [1.82, 2.24) is 79.0 Å². The van der Waals surface area contributed by atoms with Crippen LogP contribution in [0.4, 0.5) is 0 Å². The van der Waals surface area contributed by atoms with E-state index in [9.17, 15) is 107 Å². The summed E-state index contributed by atoms with van der Waals surface area (Å²) in [5, 5.41) is 70.9. The molecule has 3 aromatic rings. The second-order valence-electron chi connectivity index (χ2n) is 28.9. The molecule has 638 valence electrons. The van der Waals surface area contributed by atoms with E-state index in [1.807, 2.05) is 0 Å². The minimum absolute atomic E-state index is 0.0654. The second kappa shape index (κ2) is 47.5. The predicted octanol–water partition coefficient (Wildman–Crippen LogP) is -6.91. The summed E-state index contributed by atoms with van der Waals surface area (Å²) >= 11 is 0. The lowest BCUT2D eigenvalue weighted by Gasteiger charge is -2.29. The number of benzene rings is 2. The predicted molar refractivity (Wildman–Crippen MR) is 411 cm³/mol. The number of fused-ring (bicyclic) bond motifs is 1. The quantitative estimate of drug-likeness (QED) is 0.0250. The molecule has 4 rings (SSSR count). The molecular weight excluding hydrogens is 1520 g/mol. The van der Waals surface area contributed by atoms with E-state index in [4.69, 9.17) is 22.9 Å². The van der Waals surface area contributed by atoms with Gasteiger partial charge in [0.05, 0.1) is 44.7 Å². The number of rotatable bonds is 50. The van der Waals surface area contributed by atoms with Crippen molar-refractivity contribution in [2.45, 2.75) is 223 Å². The topological polar surface area (TPSA) is 685 Å². The molecular formula is C74H109N19O23. The van der Waals surface area contributed by atoms with Crippen LogP contribution in [0, 0.1) is 11.8 Å². The van der Waals surface area contributed by atoms with E-state index in [2.05, 4.69) is 74.1 Å². The summed E-state index contributed by atoms with van der Waals surface area (Å²) in [6.07, 6.45) is -3.74. The third-order valence-corrected chi connectivity index (χ3v) is 18.4. The molecule has 0 radical (unpaired) electrons. The highest BCUT2D eigenvalue weighted by Gasteiger charge is 2.40. The number of nitrogens with zero attached hydrogens (tertiary/aromatic N) is 1. The molecule has 0 aliphatic carbocycles. The van der Waals surface area contributed by atoms with Gasteiger partial charge in [-0.15, -0.1) is 0 Å². The number of unbranched alkanes of at least 4 members (excludes halogenated alkanes) is 1. The molecule has 26 N–H and O–H groups in total. The molecule has 0 unspecified atom stereocenters. The van der Waals surface area contributed by atoms with Gasteiger partial charge in [-0.05, 0) is 81.4 Å². The van der Waals surface area contributed by atoms with E-state index in [1.54, 1.807) is 81.6 Å². The Morgan fingerprint density at radius 1 is 0.509 bits per heavy atom. The van der Waals surface area contributed by atoms with Gasteiger partial charge in [-0.25, -0.2) is 4.79 Å². The Bertz CT molecular complexity index is 4000. The number of carbonyl (C=O) groups excluding carboxylic acids is 17. The van der Waals surface area contributed by atoms with E-state index in [0.29, 0.717) is 34.9 Å². The van der Waals surface area contributed by atoms with Crippen molar-refractivity contribution in [2.75, 3.05) is 26.2 Å². The van der Waals surface area contributed by atoms with Crippen LogP contribution in [0.1, 0.15) is 137 Å². The van der Waals surface area contributed by atoms with E-state index in [-0.39, 0.29) is 51.0 Å². The number of primary amides is 3. The third kappa shape index (κ3) is 32.0. The highest BCUT2D eigenvalue weighted by molar-refractivity contribution is 6.02. The summed E-state index contributed by atoms with van der Waals surface area (Å²) in [5.41, 5.74) is 23.6. The van der Waals surface area contributed by atoms with Crippen LogP contribution in [-0.4, -0.2) is 254 Å². The molecule has 42 nitrogen and oxygen atoms in total. The third-order valence-electron chi connectivity index (χ3n) is 18.4. The maximum Gasteiger partial charge on any atom is 0.328 e. The second-order valence-corrected chi connectivity index (χ2v) is 28.9. The number of H-pyrrole nitrogens is 1. The molecule has 1 aliphatic rings. The zero-order valence-corrected chi connectivity index (χ0v) is 65.5. The first kappa shape index (κ1) is 96.2. The molecule has 0 saturated carbocycles. The van der Waals surface area contributed by atoms with Crippen molar-refractivity contribution in [2.24, 2.45) is 34.8 Å². The number of aliphatic hydroxyl groups excluding tert-OH is 2. The number of hydrogen-bond acceptors (Lipinski definition) is 22. The lowest BCUT2D eigenvalue weighted by Crippen LogP contribution is -2.62. The normalized spacial score (nSPS) is 15.8. The smallest absolute Gasteiger partial charge is 0.328 e. The molecule has 14 atom stereocenters. The monoisotopic (exact) mass is 1630 g/mol. The van der Waals surface area contributed by atoms with Gasteiger partial charge in [0, 0.05) is 49.3 Å². The van der Waals surface area contributed by atoms with Crippen molar-refractivity contribution < 1.29 is 112 Å². The average molecular weight is 1630 g/mol. The van der Waals surface area contributed by atoms with Crippen LogP contribution in [0.25, 0.3) is 10.9 Å². The number of aliphatic hydroxyl groups is 2. The van der Waals surface area contributed by atoms with Crippen molar-refractivity contribution in [3.63, 3.8) is 0 Å². The van der Waals surface area contributed by atoms with Gasteiger partial charge in [0.2, 0.25) is 100 Å². The highest BCUT2D eigenvalue weighted by Crippen LogP contribution is 2.22. The Hall–Kier alpha value is -12.2. The summed E-state index contributed by atoms with van der Waals surface area (Å²) in [6, 6.07) is -5.94. The number of nitrogens with one attached hydrogen (secondary N) is 14. The number of likely N-dealkylation sites (tertiary alicyclic amines) is 1. The largest absolute Gasteiger partial charge is 0.481 e. The van der Waals surface area contributed by atoms with Crippen LogP contribution < -0.4 is 92.1 Å². The molecule has 1 aromatic heterocycles. The van der Waals surface area contributed by atoms with Crippen LogP contribution in [0.3, 0.4) is 0 Å². The number of aliphatic carboxylic acids is 2. The van der Waals surface area contributed by atoms with E-state index in [1.165, 1.54) is 20.8 Å². The van der Waals surface area contributed by atoms with Crippen molar-refractivity contribution >= 4 is 123 Å². The first-order valence-corrected chi connectivity index (χ1v) is 37.8. The Kier molecular flexibility index (Phi) is 39.3. The fourth-order valence-corrected chi connectivity index (χ4v) is 12.1. The van der Waals surface area contributed by atoms with E-state index >= 15 is 4.79 Å². The number of nitrogens with two attached hydrogens (primary N) is 4. The number of amides is 17. The number of carbonyl (C=O) groups is 19. The molecule has 1 aliphatic heterocycles. The van der Waals surface area contributed by atoms with Gasteiger partial charge in [0.15, 0.2) is 0 Å². The number of para-hydroxylation sites is 1. The van der Waals surface area contributed by atoms with Gasteiger partial charge in [0.1, 0.15) is 72.5 Å². The maximum atomic E-state index is 15.1. The van der Waals surface area contributed by atoms with E-state index in [0.717, 1.165) is 11.8 Å². The number of aromatic amines is 1. The molecule has 0 bridgehead atoms. The lowest BCUT2D eigenvalue weighted by atomic mass is 9.99. The number of carboxylic acids is 2. The summed E-state index contributed by atoms with van der Waals surface area (Å²) in [4.78, 5) is 259. The average Bonchev–Trinajstić information content (AvgIpc) is 1.60. The summed E-state index contributed by atoms with van der Waals surface area (Å²) < 4.78 is 0. The molecule has 17 amide bonds. The first-order valence-electron chi connectivity index (χ1n) is 37.8. The Morgan fingerprint density at radius 3 is 1.53 bits per heavy atom. The van der Waals surface area contributed by atoms with Gasteiger partial charge in [-0.1, -0.05) is 96.0 Å². The van der Waals surface area contributed by atoms with Crippen LogP contribution in [0.2, 0.25) is 0 Å². The maximum absolute atomic E-state index is 15.1. The summed E-state index contributed by atoms with van der Waals surface area (Å²) in [5.74, 6) is -21.7. The highest BCUT2D eigenvalue weighted by atomic mass is 16.4. The van der Waals surface area contributed by atoms with Crippen LogP contribution in [-0.2, 0) is 104 Å². The zero-order valence-electron chi connectivity index (χ0n) is 65.5. The molecule has 2 heterocycles. The van der Waals surface area contributed by atoms with Gasteiger partial charge in [-0.2, -0.15) is 0 Å². The molecule has 0 spiro atoms. The van der Waals surface area contributed by atoms with Gasteiger partial charge in [0.25, 0.3) is 0 Å². The number of carboxylic acid groups (broad SMARTS) is 2. The van der Waals surface area contributed by atoms with Gasteiger partial charge in [-0.3, -0.25) is 86.3 Å². The summed E-state index contributed by atoms with van der Waals surface area (Å²) in [7, 11) is 0. The van der Waals surface area contributed by atoms with Gasteiger partial charge < -0.3 is 122 Å².